The molecule has 0 radical (unpaired) electrons. The van der Waals surface area contributed by atoms with Crippen LogP contribution in [0.25, 0.3) is 16.2 Å². The van der Waals surface area contributed by atoms with Gasteiger partial charge in [-0.3, -0.25) is 0 Å². The Balaban J connectivity index is 1.73. The van der Waals surface area contributed by atoms with Gasteiger partial charge in [-0.15, -0.1) is 10.2 Å². The van der Waals surface area contributed by atoms with Gasteiger partial charge in [0, 0.05) is 11.1 Å². The van der Waals surface area contributed by atoms with E-state index in [1.165, 1.54) is 13.2 Å². The second-order valence-electron chi connectivity index (χ2n) is 6.97. The largest absolute Gasteiger partial charge is 0.494 e. The molecule has 4 rings (SSSR count). The van der Waals surface area contributed by atoms with Crippen LogP contribution in [-0.2, 0) is 9.53 Å². The molecule has 0 heterocycles. The molecule has 3 aromatic rings. The van der Waals surface area contributed by atoms with Crippen LogP contribution in [0.1, 0.15) is 23.6 Å². The third kappa shape index (κ3) is 4.34. The molecular formula is C26H21ClN2O3. The van der Waals surface area contributed by atoms with E-state index in [9.17, 15) is 4.79 Å². The van der Waals surface area contributed by atoms with Crippen molar-refractivity contribution < 1.29 is 14.3 Å². The third-order valence-electron chi connectivity index (χ3n) is 5.01. The van der Waals surface area contributed by atoms with E-state index in [4.69, 9.17) is 21.1 Å². The van der Waals surface area contributed by atoms with Crippen LogP contribution in [0.15, 0.2) is 89.1 Å². The van der Waals surface area contributed by atoms with Crippen LogP contribution in [0.2, 0.25) is 0 Å². The molecule has 32 heavy (non-hydrogen) atoms. The molecule has 0 aliphatic heterocycles. The fraction of sp³-hybridized carbons (Fsp3) is 0.115. The van der Waals surface area contributed by atoms with Gasteiger partial charge in [-0.2, -0.15) is 0 Å². The average molecular weight is 445 g/mol. The van der Waals surface area contributed by atoms with E-state index in [-0.39, 0.29) is 5.71 Å². The minimum Gasteiger partial charge on any atom is -0.494 e. The summed E-state index contributed by atoms with van der Waals surface area (Å²) in [5.74, 6) is 0.116. The van der Waals surface area contributed by atoms with Gasteiger partial charge in [0.2, 0.25) is 0 Å². The summed E-state index contributed by atoms with van der Waals surface area (Å²) in [6.07, 6.45) is 1.46. The first kappa shape index (κ1) is 21.5. The van der Waals surface area contributed by atoms with E-state index in [0.29, 0.717) is 17.4 Å². The molecule has 0 aromatic heterocycles. The van der Waals surface area contributed by atoms with Crippen LogP contribution in [0.3, 0.4) is 0 Å². The number of nitrogens with zero attached hydrogens (tertiary/aromatic N) is 2. The van der Waals surface area contributed by atoms with Crippen molar-refractivity contribution in [2.75, 3.05) is 13.7 Å². The molecule has 0 spiro atoms. The molecule has 6 heteroatoms. The smallest absolute Gasteiger partial charge is 0.358 e. The first-order valence-corrected chi connectivity index (χ1v) is 10.5. The molecular weight excluding hydrogens is 424 g/mol. The monoisotopic (exact) mass is 444 g/mol. The highest BCUT2D eigenvalue weighted by molar-refractivity contribution is 6.54. The number of ether oxygens (including phenoxy) is 2. The first-order chi connectivity index (χ1) is 15.6. The summed E-state index contributed by atoms with van der Waals surface area (Å²) in [6.45, 7) is 2.50. The Kier molecular flexibility index (Phi) is 6.47. The average Bonchev–Trinajstić information content (AvgIpc) is 3.15. The number of halogens is 1. The molecule has 0 unspecified atom stereocenters. The van der Waals surface area contributed by atoms with Crippen LogP contribution >= 0.6 is 11.6 Å². The Labute approximate surface area is 191 Å². The van der Waals surface area contributed by atoms with Gasteiger partial charge >= 0.3 is 5.97 Å². The van der Waals surface area contributed by atoms with E-state index in [1.807, 2.05) is 79.7 Å². The fourth-order valence-electron chi connectivity index (χ4n) is 3.52. The molecule has 0 saturated heterocycles. The Morgan fingerprint density at radius 3 is 2.00 bits per heavy atom. The summed E-state index contributed by atoms with van der Waals surface area (Å²) in [5.41, 5.74) is 5.51. The molecule has 0 N–H and O–H groups in total. The molecule has 1 aliphatic carbocycles. The second kappa shape index (κ2) is 9.62. The maximum atomic E-state index is 12.4. The number of fused-ring (bicyclic) bond motifs is 3. The van der Waals surface area contributed by atoms with Crippen molar-refractivity contribution in [1.29, 1.82) is 0 Å². The molecule has 3 aromatic carbocycles. The molecule has 0 saturated carbocycles. The normalized spacial score (nSPS) is 12.8. The van der Waals surface area contributed by atoms with Crippen molar-refractivity contribution in [3.05, 3.63) is 95.6 Å². The summed E-state index contributed by atoms with van der Waals surface area (Å²) >= 11 is 6.47. The Morgan fingerprint density at radius 2 is 1.47 bits per heavy atom. The SMILES string of the molecule is CCOc1ccc(/C(Cl)=C/C(=N\N=C2c3ccccc3-c3ccccc32)C(=O)OC)cc1. The lowest BCUT2D eigenvalue weighted by Crippen LogP contribution is -2.13. The van der Waals surface area contributed by atoms with Gasteiger partial charge < -0.3 is 9.47 Å². The number of esters is 1. The van der Waals surface area contributed by atoms with Gasteiger partial charge in [-0.05, 0) is 54.0 Å². The lowest BCUT2D eigenvalue weighted by atomic mass is 10.1. The standard InChI is InChI=1S/C26H21ClN2O3/c1-3-32-18-14-12-17(13-15-18)23(27)16-24(26(30)31-2)28-29-25-21-10-6-4-8-19(21)20-9-5-7-11-22(20)25/h4-16H,3H2,1-2H3/b23-16-,28-24+. The van der Waals surface area contributed by atoms with Gasteiger partial charge in [0.05, 0.1) is 18.7 Å². The topological polar surface area (TPSA) is 60.2 Å². The van der Waals surface area contributed by atoms with Gasteiger partial charge in [-0.1, -0.05) is 60.1 Å². The van der Waals surface area contributed by atoms with Crippen LogP contribution < -0.4 is 4.74 Å². The number of rotatable bonds is 6. The zero-order valence-electron chi connectivity index (χ0n) is 17.7. The molecule has 0 atom stereocenters. The van der Waals surface area contributed by atoms with Gasteiger partial charge in [-0.25, -0.2) is 4.79 Å². The maximum Gasteiger partial charge on any atom is 0.358 e. The predicted molar refractivity (Wildman–Crippen MR) is 128 cm³/mol. The number of hydrogen-bond acceptors (Lipinski definition) is 5. The number of benzene rings is 3. The van der Waals surface area contributed by atoms with E-state index in [0.717, 1.165) is 33.6 Å². The minimum atomic E-state index is -0.627. The lowest BCUT2D eigenvalue weighted by Gasteiger charge is -2.05. The predicted octanol–water partition coefficient (Wildman–Crippen LogP) is 5.71. The Hall–Kier alpha value is -3.70. The van der Waals surface area contributed by atoms with E-state index in [2.05, 4.69) is 10.2 Å². The summed E-state index contributed by atoms with van der Waals surface area (Å²) in [5, 5.41) is 9.01. The number of hydrogen-bond donors (Lipinski definition) is 0. The van der Waals surface area contributed by atoms with Gasteiger partial charge in [0.15, 0.2) is 5.71 Å². The molecule has 5 nitrogen and oxygen atoms in total. The van der Waals surface area contributed by atoms with Crippen molar-refractivity contribution in [3.63, 3.8) is 0 Å². The number of carbonyl (C=O) groups is 1. The van der Waals surface area contributed by atoms with Gasteiger partial charge in [0.25, 0.3) is 0 Å². The Bertz CT molecular complexity index is 1200. The molecule has 1 aliphatic rings. The second-order valence-corrected chi connectivity index (χ2v) is 7.37. The van der Waals surface area contributed by atoms with Crippen LogP contribution in [-0.4, -0.2) is 31.1 Å². The minimum absolute atomic E-state index is 0.000692. The quantitative estimate of drug-likeness (QED) is 0.217. The van der Waals surface area contributed by atoms with Crippen molar-refractivity contribution in [2.24, 2.45) is 10.2 Å². The highest BCUT2D eigenvalue weighted by Gasteiger charge is 2.24. The highest BCUT2D eigenvalue weighted by atomic mass is 35.5. The maximum absolute atomic E-state index is 12.4. The summed E-state index contributed by atoms with van der Waals surface area (Å²) in [7, 11) is 1.30. The van der Waals surface area contributed by atoms with Crippen LogP contribution in [0, 0.1) is 0 Å². The zero-order chi connectivity index (χ0) is 22.5. The van der Waals surface area contributed by atoms with Crippen LogP contribution in [0.4, 0.5) is 0 Å². The van der Waals surface area contributed by atoms with E-state index >= 15 is 0 Å². The van der Waals surface area contributed by atoms with Crippen molar-refractivity contribution in [2.45, 2.75) is 6.92 Å². The summed E-state index contributed by atoms with van der Waals surface area (Å²) < 4.78 is 10.3. The molecule has 0 amide bonds. The number of methoxy groups -OCH3 is 1. The van der Waals surface area contributed by atoms with Crippen molar-refractivity contribution >= 4 is 34.0 Å². The highest BCUT2D eigenvalue weighted by Crippen LogP contribution is 2.36. The number of carbonyl (C=O) groups excluding carboxylic acids is 1. The lowest BCUT2D eigenvalue weighted by molar-refractivity contribution is -0.132. The van der Waals surface area contributed by atoms with Crippen molar-refractivity contribution in [3.8, 4) is 16.9 Å². The summed E-state index contributed by atoms with van der Waals surface area (Å²) in [6, 6.07) is 23.2. The van der Waals surface area contributed by atoms with Crippen LogP contribution in [0.5, 0.6) is 5.75 Å². The third-order valence-corrected chi connectivity index (χ3v) is 5.34. The van der Waals surface area contributed by atoms with Gasteiger partial charge in [0.1, 0.15) is 11.5 Å². The molecule has 0 bridgehead atoms. The van der Waals surface area contributed by atoms with Crippen molar-refractivity contribution in [1.82, 2.24) is 0 Å². The van der Waals surface area contributed by atoms with E-state index < -0.39 is 5.97 Å². The fourth-order valence-corrected chi connectivity index (χ4v) is 3.75. The van der Waals surface area contributed by atoms with E-state index in [1.54, 1.807) is 0 Å². The molecule has 160 valence electrons. The first-order valence-electron chi connectivity index (χ1n) is 10.2. The Morgan fingerprint density at radius 1 is 0.906 bits per heavy atom. The summed E-state index contributed by atoms with van der Waals surface area (Å²) in [4.78, 5) is 12.4. The molecule has 0 fully saturated rings. The zero-order valence-corrected chi connectivity index (χ0v) is 18.5.